The molecule has 1 aliphatic rings. The van der Waals surface area contributed by atoms with Crippen molar-refractivity contribution in [1.29, 1.82) is 0 Å². The molecule has 3 nitrogen and oxygen atoms in total. The Kier molecular flexibility index (Phi) is 5.44. The zero-order valence-corrected chi connectivity index (χ0v) is 10.9. The van der Waals surface area contributed by atoms with Crippen LogP contribution in [0.5, 0.6) is 0 Å². The van der Waals surface area contributed by atoms with Crippen molar-refractivity contribution in [2.24, 2.45) is 5.92 Å². The lowest BCUT2D eigenvalue weighted by atomic mass is 9.91. The summed E-state index contributed by atoms with van der Waals surface area (Å²) >= 11 is 0. The molecule has 0 aromatic rings. The van der Waals surface area contributed by atoms with Gasteiger partial charge in [-0.25, -0.2) is 0 Å². The molecule has 0 aromatic carbocycles. The smallest absolute Gasteiger partial charge is 0.352 e. The number of hydrogen-bond donors (Lipinski definition) is 1. The third kappa shape index (κ3) is 5.71. The Bertz CT molecular complexity index is 281. The summed E-state index contributed by atoms with van der Waals surface area (Å²) in [7, 11) is 0. The molecule has 1 heterocycles. The second-order valence-electron chi connectivity index (χ2n) is 5.08. The van der Waals surface area contributed by atoms with E-state index in [0.29, 0.717) is 19.5 Å². The molecule has 106 valence electrons. The number of nitrogens with zero attached hydrogens (tertiary/aromatic N) is 1. The maximum atomic E-state index is 12.4. The molecule has 0 radical (unpaired) electrons. The zero-order chi connectivity index (χ0) is 13.8. The second-order valence-corrected chi connectivity index (χ2v) is 5.08. The molecule has 1 rings (SSSR count). The average Bonchev–Trinajstić information content (AvgIpc) is 2.12. The van der Waals surface area contributed by atoms with Crippen molar-refractivity contribution in [1.82, 2.24) is 10.2 Å². The van der Waals surface area contributed by atoms with Crippen LogP contribution in [0, 0.1) is 5.92 Å². The topological polar surface area (TPSA) is 32.3 Å². The van der Waals surface area contributed by atoms with E-state index in [-0.39, 0.29) is 11.9 Å². The van der Waals surface area contributed by atoms with Gasteiger partial charge in [0.2, 0.25) is 5.91 Å². The van der Waals surface area contributed by atoms with Gasteiger partial charge in [-0.1, -0.05) is 6.92 Å². The number of carbonyl (C=O) groups excluding carboxylic acids is 1. The van der Waals surface area contributed by atoms with E-state index in [1.54, 1.807) is 0 Å². The number of amides is 1. The first kappa shape index (κ1) is 15.3. The highest BCUT2D eigenvalue weighted by atomic mass is 19.4. The van der Waals surface area contributed by atoms with Crippen LogP contribution in [0.4, 0.5) is 13.2 Å². The molecule has 0 bridgehead atoms. The van der Waals surface area contributed by atoms with Crippen LogP contribution in [0.25, 0.3) is 0 Å². The Labute approximate surface area is 106 Å². The quantitative estimate of drug-likeness (QED) is 0.846. The minimum atomic E-state index is -4.12. The predicted molar refractivity (Wildman–Crippen MR) is 63.1 cm³/mol. The fourth-order valence-corrected chi connectivity index (χ4v) is 2.67. The number of rotatable bonds is 4. The summed E-state index contributed by atoms with van der Waals surface area (Å²) < 4.78 is 37.3. The van der Waals surface area contributed by atoms with Crippen molar-refractivity contribution in [2.45, 2.75) is 45.3 Å². The molecule has 6 heteroatoms. The van der Waals surface area contributed by atoms with Crippen molar-refractivity contribution in [3.8, 4) is 0 Å². The van der Waals surface area contributed by atoms with Crippen LogP contribution in [-0.2, 0) is 4.79 Å². The summed E-state index contributed by atoms with van der Waals surface area (Å²) in [6.07, 6.45) is -3.56. The second kappa shape index (κ2) is 6.41. The van der Waals surface area contributed by atoms with E-state index < -0.39 is 18.5 Å². The minimum absolute atomic E-state index is 0.157. The molecule has 2 atom stereocenters. The third-order valence-electron chi connectivity index (χ3n) is 3.08. The average molecular weight is 266 g/mol. The Balaban J connectivity index is 2.58. The summed E-state index contributed by atoms with van der Waals surface area (Å²) in [5.41, 5.74) is 0. The lowest BCUT2D eigenvalue weighted by molar-refractivity contribution is -0.149. The first-order valence-electron chi connectivity index (χ1n) is 6.36. The first-order valence-corrected chi connectivity index (χ1v) is 6.36. The molecular formula is C12H21F3N2O. The van der Waals surface area contributed by atoms with Gasteiger partial charge in [0.15, 0.2) is 0 Å². The molecule has 18 heavy (non-hydrogen) atoms. The highest BCUT2D eigenvalue weighted by molar-refractivity contribution is 5.73. The molecule has 1 saturated heterocycles. The third-order valence-corrected chi connectivity index (χ3v) is 3.08. The van der Waals surface area contributed by atoms with E-state index in [1.165, 1.54) is 6.92 Å². The molecule has 0 saturated carbocycles. The SMILES string of the molecule is CCCN1CC(CC(F)(F)F)CC(NC(C)=O)C1. The molecular weight excluding hydrogens is 245 g/mol. The summed E-state index contributed by atoms with van der Waals surface area (Å²) in [6, 6.07) is -0.157. The van der Waals surface area contributed by atoms with E-state index in [0.717, 1.165) is 13.0 Å². The van der Waals surface area contributed by atoms with Gasteiger partial charge in [0, 0.05) is 32.5 Å². The van der Waals surface area contributed by atoms with Crippen molar-refractivity contribution >= 4 is 5.91 Å². The molecule has 1 fully saturated rings. The van der Waals surface area contributed by atoms with Crippen LogP contribution >= 0.6 is 0 Å². The Morgan fingerprint density at radius 1 is 1.39 bits per heavy atom. The number of alkyl halides is 3. The number of piperidine rings is 1. The van der Waals surface area contributed by atoms with Gasteiger partial charge in [0.05, 0.1) is 0 Å². The fourth-order valence-electron chi connectivity index (χ4n) is 2.67. The summed E-state index contributed by atoms with van der Waals surface area (Å²) in [5, 5.41) is 2.74. The number of likely N-dealkylation sites (tertiary alicyclic amines) is 1. The summed E-state index contributed by atoms with van der Waals surface area (Å²) in [4.78, 5) is 13.0. The number of carbonyl (C=O) groups is 1. The van der Waals surface area contributed by atoms with Crippen LogP contribution in [0.2, 0.25) is 0 Å². The number of nitrogens with one attached hydrogen (secondary N) is 1. The Hall–Kier alpha value is -0.780. The van der Waals surface area contributed by atoms with Crippen molar-refractivity contribution in [3.63, 3.8) is 0 Å². The molecule has 1 N–H and O–H groups in total. The number of halogens is 3. The number of hydrogen-bond acceptors (Lipinski definition) is 2. The van der Waals surface area contributed by atoms with Crippen LogP contribution in [0.1, 0.15) is 33.1 Å². The normalized spacial score (nSPS) is 26.1. The Morgan fingerprint density at radius 2 is 2.06 bits per heavy atom. The maximum absolute atomic E-state index is 12.4. The zero-order valence-electron chi connectivity index (χ0n) is 10.9. The van der Waals surface area contributed by atoms with Crippen LogP contribution in [0.15, 0.2) is 0 Å². The van der Waals surface area contributed by atoms with E-state index in [2.05, 4.69) is 5.32 Å². The largest absolute Gasteiger partial charge is 0.389 e. The highest BCUT2D eigenvalue weighted by Gasteiger charge is 2.36. The van der Waals surface area contributed by atoms with Gasteiger partial charge < -0.3 is 10.2 Å². The van der Waals surface area contributed by atoms with Crippen molar-refractivity contribution in [2.75, 3.05) is 19.6 Å². The molecule has 0 aliphatic carbocycles. The summed E-state index contributed by atoms with van der Waals surface area (Å²) in [6.45, 7) is 5.31. The van der Waals surface area contributed by atoms with Gasteiger partial charge >= 0.3 is 6.18 Å². The van der Waals surface area contributed by atoms with E-state index in [1.807, 2.05) is 11.8 Å². The van der Waals surface area contributed by atoms with Gasteiger partial charge in [-0.2, -0.15) is 13.2 Å². The van der Waals surface area contributed by atoms with Gasteiger partial charge in [-0.3, -0.25) is 4.79 Å². The Morgan fingerprint density at radius 3 is 2.56 bits per heavy atom. The van der Waals surface area contributed by atoms with E-state index in [4.69, 9.17) is 0 Å². The molecule has 2 unspecified atom stereocenters. The maximum Gasteiger partial charge on any atom is 0.389 e. The molecule has 1 amide bonds. The van der Waals surface area contributed by atoms with E-state index in [9.17, 15) is 18.0 Å². The summed E-state index contributed by atoms with van der Waals surface area (Å²) in [5.74, 6) is -0.591. The van der Waals surface area contributed by atoms with Crippen LogP contribution in [-0.4, -0.2) is 42.7 Å². The van der Waals surface area contributed by atoms with Crippen LogP contribution < -0.4 is 5.32 Å². The van der Waals surface area contributed by atoms with Crippen molar-refractivity contribution in [3.05, 3.63) is 0 Å². The molecule has 0 aromatic heterocycles. The predicted octanol–water partition coefficient (Wildman–Crippen LogP) is 2.18. The van der Waals surface area contributed by atoms with Gasteiger partial charge in [-0.05, 0) is 25.3 Å². The van der Waals surface area contributed by atoms with Gasteiger partial charge in [0.1, 0.15) is 0 Å². The van der Waals surface area contributed by atoms with Crippen molar-refractivity contribution < 1.29 is 18.0 Å². The van der Waals surface area contributed by atoms with Crippen LogP contribution in [0.3, 0.4) is 0 Å². The van der Waals surface area contributed by atoms with E-state index >= 15 is 0 Å². The lowest BCUT2D eigenvalue weighted by Crippen LogP contribution is -2.51. The highest BCUT2D eigenvalue weighted by Crippen LogP contribution is 2.30. The molecule has 0 spiro atoms. The monoisotopic (exact) mass is 266 g/mol. The first-order chi connectivity index (χ1) is 8.30. The fraction of sp³-hybridized carbons (Fsp3) is 0.917. The minimum Gasteiger partial charge on any atom is -0.352 e. The van der Waals surface area contributed by atoms with Gasteiger partial charge in [0.25, 0.3) is 0 Å². The standard InChI is InChI=1S/C12H21F3N2O/c1-3-4-17-7-10(6-12(13,14)15)5-11(8-17)16-9(2)18/h10-11H,3-8H2,1-2H3,(H,16,18). The van der Waals surface area contributed by atoms with Gasteiger partial charge in [-0.15, -0.1) is 0 Å². The lowest BCUT2D eigenvalue weighted by Gasteiger charge is -2.38. The molecule has 1 aliphatic heterocycles.